The smallest absolute Gasteiger partial charge is 0.347 e. The quantitative estimate of drug-likeness (QED) is 0.319. The molecule has 0 heterocycles. The molecule has 146 valence electrons. The van der Waals surface area contributed by atoms with Gasteiger partial charge in [0, 0.05) is 0 Å². The summed E-state index contributed by atoms with van der Waals surface area (Å²) in [6.45, 7) is 3.57. The van der Waals surface area contributed by atoms with Crippen molar-refractivity contribution in [1.29, 1.82) is 0 Å². The molecule has 0 aliphatic heterocycles. The van der Waals surface area contributed by atoms with E-state index in [0.717, 1.165) is 5.56 Å². The van der Waals surface area contributed by atoms with Crippen LogP contribution in [0.3, 0.4) is 0 Å². The molecule has 0 aromatic heterocycles. The Morgan fingerprint density at radius 2 is 1.69 bits per heavy atom. The second kappa shape index (κ2) is 11.1. The van der Waals surface area contributed by atoms with Crippen LogP contribution >= 0.6 is 7.60 Å². The summed E-state index contributed by atoms with van der Waals surface area (Å²) < 4.78 is 27.9. The molecule has 26 heavy (non-hydrogen) atoms. The van der Waals surface area contributed by atoms with E-state index in [9.17, 15) is 19.3 Å². The van der Waals surface area contributed by atoms with Crippen LogP contribution in [0.25, 0.3) is 0 Å². The van der Waals surface area contributed by atoms with E-state index in [1.54, 1.807) is 38.1 Å². The highest BCUT2D eigenvalue weighted by Crippen LogP contribution is 2.52. The molecule has 1 aromatic rings. The Morgan fingerprint density at radius 1 is 1.12 bits per heavy atom. The Morgan fingerprint density at radius 3 is 2.19 bits per heavy atom. The van der Waals surface area contributed by atoms with Crippen molar-refractivity contribution < 1.29 is 33.0 Å². The Balaban J connectivity index is 2.65. The lowest BCUT2D eigenvalue weighted by molar-refractivity contribution is -0.160. The van der Waals surface area contributed by atoms with Gasteiger partial charge in [-0.15, -0.1) is 0 Å². The second-order valence-electron chi connectivity index (χ2n) is 5.50. The number of benzene rings is 1. The molecule has 0 saturated heterocycles. The number of carboxylic acid groups (broad SMARTS) is 1. The van der Waals surface area contributed by atoms with Crippen molar-refractivity contribution in [1.82, 2.24) is 0 Å². The van der Waals surface area contributed by atoms with E-state index in [4.69, 9.17) is 19.5 Å². The summed E-state index contributed by atoms with van der Waals surface area (Å²) in [6.07, 6.45) is -0.150. The average molecular weight is 387 g/mol. The van der Waals surface area contributed by atoms with Gasteiger partial charge in [0.2, 0.25) is 0 Å². The molecule has 8 nitrogen and oxygen atoms in total. The summed E-state index contributed by atoms with van der Waals surface area (Å²) >= 11 is 0. The van der Waals surface area contributed by atoms with E-state index >= 15 is 0 Å². The van der Waals surface area contributed by atoms with E-state index in [2.05, 4.69) is 0 Å². The highest BCUT2D eigenvalue weighted by molar-refractivity contribution is 7.54. The van der Waals surface area contributed by atoms with Gasteiger partial charge >= 0.3 is 19.5 Å². The molecule has 9 heteroatoms. The first kappa shape index (κ1) is 22.3. The minimum atomic E-state index is -3.56. The highest BCUT2D eigenvalue weighted by Gasteiger charge is 2.35. The zero-order chi connectivity index (χ0) is 19.6. The molecule has 0 aliphatic carbocycles. The predicted octanol–water partition coefficient (Wildman–Crippen LogP) is 2.76. The number of nitrogens with two attached hydrogens (primary N) is 1. The van der Waals surface area contributed by atoms with Gasteiger partial charge in [0.15, 0.2) is 5.92 Å². The summed E-state index contributed by atoms with van der Waals surface area (Å²) in [5, 5.41) is 9.29. The second-order valence-corrected chi connectivity index (χ2v) is 7.76. The van der Waals surface area contributed by atoms with Crippen LogP contribution in [0.5, 0.6) is 0 Å². The molecule has 0 spiro atoms. The van der Waals surface area contributed by atoms with Crippen molar-refractivity contribution in [3.05, 3.63) is 35.9 Å². The minimum Gasteiger partial charge on any atom is -0.481 e. The Bertz CT molecular complexity index is 613. The number of hydrogen-bond donors (Lipinski definition) is 2. The Kier molecular flexibility index (Phi) is 9.51. The fourth-order valence-corrected chi connectivity index (χ4v) is 3.90. The molecule has 0 fully saturated rings. The summed E-state index contributed by atoms with van der Waals surface area (Å²) in [7, 11) is -3.56. The van der Waals surface area contributed by atoms with Crippen LogP contribution in [0, 0.1) is 5.92 Å². The number of esters is 1. The van der Waals surface area contributed by atoms with Crippen LogP contribution in [0.4, 0.5) is 0 Å². The van der Waals surface area contributed by atoms with Crippen molar-refractivity contribution in [3.8, 4) is 0 Å². The van der Waals surface area contributed by atoms with Crippen LogP contribution in [-0.2, 0) is 34.5 Å². The standard InChI is InChI=1S/C17H26NO7P/c1-3-24-26(22,25-4-2)15(18)11-10-14(16(19)20)17(21)23-12-13-8-6-5-7-9-13/h5-9,14-15H,3-4,10-12,18H2,1-2H3,(H,19,20). The molecule has 2 unspecified atom stereocenters. The van der Waals surface area contributed by atoms with Gasteiger partial charge in [0.25, 0.3) is 0 Å². The van der Waals surface area contributed by atoms with Crippen LogP contribution in [-0.4, -0.2) is 36.0 Å². The van der Waals surface area contributed by atoms with Crippen LogP contribution in [0.1, 0.15) is 32.3 Å². The molecular weight excluding hydrogens is 361 g/mol. The number of carbonyl (C=O) groups excluding carboxylic acids is 1. The fraction of sp³-hybridized carbons (Fsp3) is 0.529. The van der Waals surface area contributed by atoms with Crippen LogP contribution < -0.4 is 5.73 Å². The van der Waals surface area contributed by atoms with Gasteiger partial charge < -0.3 is 24.6 Å². The molecular formula is C17H26NO7P. The minimum absolute atomic E-state index is 0.0192. The van der Waals surface area contributed by atoms with Crippen molar-refractivity contribution in [2.75, 3.05) is 13.2 Å². The fourth-order valence-electron chi connectivity index (χ4n) is 2.26. The van der Waals surface area contributed by atoms with Gasteiger partial charge in [-0.05, 0) is 32.3 Å². The van der Waals surface area contributed by atoms with Crippen molar-refractivity contribution in [2.24, 2.45) is 11.7 Å². The van der Waals surface area contributed by atoms with E-state index in [1.165, 1.54) is 0 Å². The lowest BCUT2D eigenvalue weighted by Gasteiger charge is -2.23. The van der Waals surface area contributed by atoms with Gasteiger partial charge in [-0.1, -0.05) is 30.3 Å². The Hall–Kier alpha value is -1.73. The van der Waals surface area contributed by atoms with Gasteiger partial charge in [0.05, 0.1) is 13.2 Å². The zero-order valence-corrected chi connectivity index (χ0v) is 15.9. The maximum atomic E-state index is 12.5. The molecule has 0 aliphatic rings. The SMILES string of the molecule is CCOP(=O)(OCC)C(N)CCC(C(=O)O)C(=O)OCc1ccccc1. The highest BCUT2D eigenvalue weighted by atomic mass is 31.2. The van der Waals surface area contributed by atoms with Crippen molar-refractivity contribution >= 4 is 19.5 Å². The first-order valence-corrected chi connectivity index (χ1v) is 10.0. The number of hydrogen-bond acceptors (Lipinski definition) is 7. The van der Waals surface area contributed by atoms with Gasteiger partial charge in [-0.25, -0.2) is 0 Å². The third-order valence-corrected chi connectivity index (χ3v) is 5.89. The first-order chi connectivity index (χ1) is 12.3. The Labute approximate surface area is 153 Å². The van der Waals surface area contributed by atoms with E-state index in [-0.39, 0.29) is 32.7 Å². The van der Waals surface area contributed by atoms with E-state index < -0.39 is 31.2 Å². The topological polar surface area (TPSA) is 125 Å². The largest absolute Gasteiger partial charge is 0.481 e. The molecule has 0 radical (unpaired) electrons. The van der Waals surface area contributed by atoms with Crippen LogP contribution in [0.15, 0.2) is 30.3 Å². The number of aliphatic carboxylic acids is 1. The number of rotatable bonds is 12. The summed E-state index contributed by atoms with van der Waals surface area (Å²) in [5.41, 5.74) is 6.63. The molecule has 2 atom stereocenters. The summed E-state index contributed by atoms with van der Waals surface area (Å²) in [6, 6.07) is 8.92. The normalized spacial score (nSPS) is 13.8. The number of carbonyl (C=O) groups is 2. The molecule has 1 aromatic carbocycles. The van der Waals surface area contributed by atoms with Gasteiger partial charge in [-0.3, -0.25) is 14.2 Å². The lowest BCUT2D eigenvalue weighted by Crippen LogP contribution is -2.30. The third-order valence-electron chi connectivity index (χ3n) is 3.58. The monoisotopic (exact) mass is 387 g/mol. The molecule has 0 amide bonds. The number of carboxylic acids is 1. The van der Waals surface area contributed by atoms with Crippen molar-refractivity contribution in [3.63, 3.8) is 0 Å². The van der Waals surface area contributed by atoms with Gasteiger partial charge in [-0.2, -0.15) is 0 Å². The van der Waals surface area contributed by atoms with E-state index in [1.807, 2.05) is 6.07 Å². The van der Waals surface area contributed by atoms with E-state index in [0.29, 0.717) is 0 Å². The predicted molar refractivity (Wildman–Crippen MR) is 95.4 cm³/mol. The lowest BCUT2D eigenvalue weighted by atomic mass is 10.0. The van der Waals surface area contributed by atoms with Gasteiger partial charge in [0.1, 0.15) is 12.4 Å². The maximum absolute atomic E-state index is 12.5. The number of ether oxygens (including phenoxy) is 1. The third kappa shape index (κ3) is 6.88. The zero-order valence-electron chi connectivity index (χ0n) is 15.0. The average Bonchev–Trinajstić information content (AvgIpc) is 2.61. The van der Waals surface area contributed by atoms with Crippen LogP contribution in [0.2, 0.25) is 0 Å². The first-order valence-electron chi connectivity index (χ1n) is 8.41. The molecule has 1 rings (SSSR count). The summed E-state index contributed by atoms with van der Waals surface area (Å²) in [4.78, 5) is 23.5. The molecule has 3 N–H and O–H groups in total. The molecule has 0 saturated carbocycles. The van der Waals surface area contributed by atoms with Crippen molar-refractivity contribution in [2.45, 2.75) is 39.1 Å². The summed E-state index contributed by atoms with van der Waals surface area (Å²) in [5.74, 6) is -4.61. The maximum Gasteiger partial charge on any atom is 0.347 e. The molecule has 0 bridgehead atoms.